The zero-order valence-corrected chi connectivity index (χ0v) is 11.2. The molecule has 0 radical (unpaired) electrons. The molecule has 0 bridgehead atoms. The molecular weight excluding hydrogens is 262 g/mol. The van der Waals surface area contributed by atoms with Crippen molar-refractivity contribution in [2.24, 2.45) is 0 Å². The minimum Gasteiger partial charge on any atom is -0.289 e. The minimum atomic E-state index is -0.576. The predicted molar refractivity (Wildman–Crippen MR) is 72.3 cm³/mol. The molecule has 5 heteroatoms. The maximum atomic E-state index is 13.4. The molecule has 0 atom stereocenters. The Kier molecular flexibility index (Phi) is 4.08. The lowest BCUT2D eigenvalue weighted by Crippen LogP contribution is -2.00. The van der Waals surface area contributed by atoms with E-state index >= 15 is 0 Å². The second kappa shape index (κ2) is 5.77. The van der Waals surface area contributed by atoms with E-state index in [-0.39, 0.29) is 17.4 Å². The molecule has 0 saturated heterocycles. The average molecular weight is 276 g/mol. The number of ketones is 1. The molecule has 1 aromatic carbocycles. The van der Waals surface area contributed by atoms with Gasteiger partial charge in [0.05, 0.1) is 11.8 Å². The van der Waals surface area contributed by atoms with Crippen LogP contribution in [0.25, 0.3) is 6.08 Å². The molecule has 2 rings (SSSR count). The summed E-state index contributed by atoms with van der Waals surface area (Å²) in [5.74, 6) is -1.43. The van der Waals surface area contributed by atoms with Gasteiger partial charge in [0.1, 0.15) is 11.6 Å². The monoisotopic (exact) mass is 276 g/mol. The van der Waals surface area contributed by atoms with Gasteiger partial charge in [-0.2, -0.15) is 5.10 Å². The van der Waals surface area contributed by atoms with Crippen LogP contribution in [0, 0.1) is 11.6 Å². The number of rotatable bonds is 4. The summed E-state index contributed by atoms with van der Waals surface area (Å²) in [5, 5.41) is 4.05. The highest BCUT2D eigenvalue weighted by molar-refractivity contribution is 6.06. The number of nitrogens with zero attached hydrogens (tertiary/aromatic N) is 2. The van der Waals surface area contributed by atoms with Crippen molar-refractivity contribution < 1.29 is 13.6 Å². The van der Waals surface area contributed by atoms with Gasteiger partial charge in [0, 0.05) is 17.8 Å². The zero-order valence-electron chi connectivity index (χ0n) is 11.2. The molecule has 0 spiro atoms. The van der Waals surface area contributed by atoms with E-state index in [0.717, 1.165) is 18.2 Å². The highest BCUT2D eigenvalue weighted by Gasteiger charge is 2.08. The van der Waals surface area contributed by atoms with Crippen molar-refractivity contribution in [3.63, 3.8) is 0 Å². The SMILES string of the molecule is CC(C)n1cc(C(=O)/C=C/c2cc(F)ccc2F)cn1. The number of carbonyl (C=O) groups is 1. The molecule has 1 aromatic heterocycles. The molecule has 0 aliphatic heterocycles. The number of aromatic nitrogens is 2. The molecule has 0 fully saturated rings. The van der Waals surface area contributed by atoms with E-state index in [1.165, 1.54) is 18.3 Å². The molecule has 0 unspecified atom stereocenters. The highest BCUT2D eigenvalue weighted by atomic mass is 19.1. The second-order valence-corrected chi connectivity index (χ2v) is 4.67. The van der Waals surface area contributed by atoms with Crippen LogP contribution < -0.4 is 0 Å². The van der Waals surface area contributed by atoms with Crippen molar-refractivity contribution in [2.75, 3.05) is 0 Å². The number of halogens is 2. The average Bonchev–Trinajstić information content (AvgIpc) is 2.89. The Labute approximate surface area is 115 Å². The summed E-state index contributed by atoms with van der Waals surface area (Å²) in [6, 6.07) is 3.25. The van der Waals surface area contributed by atoms with Gasteiger partial charge in [-0.05, 0) is 44.2 Å². The van der Waals surface area contributed by atoms with Crippen LogP contribution in [0.15, 0.2) is 36.7 Å². The number of carbonyl (C=O) groups excluding carboxylic acids is 1. The van der Waals surface area contributed by atoms with Crippen molar-refractivity contribution in [3.8, 4) is 0 Å². The third kappa shape index (κ3) is 3.17. The Morgan fingerprint density at radius 3 is 2.75 bits per heavy atom. The Bertz CT molecular complexity index is 660. The van der Waals surface area contributed by atoms with Crippen LogP contribution in [0.5, 0.6) is 0 Å². The van der Waals surface area contributed by atoms with Crippen LogP contribution in [-0.2, 0) is 0 Å². The van der Waals surface area contributed by atoms with E-state index in [9.17, 15) is 13.6 Å². The molecule has 0 aliphatic rings. The van der Waals surface area contributed by atoms with Crippen LogP contribution in [0.2, 0.25) is 0 Å². The number of allylic oxidation sites excluding steroid dienone is 1. The summed E-state index contributed by atoms with van der Waals surface area (Å²) in [6.45, 7) is 3.89. The predicted octanol–water partition coefficient (Wildman–Crippen LogP) is 3.64. The first kappa shape index (κ1) is 14.1. The van der Waals surface area contributed by atoms with E-state index in [2.05, 4.69) is 5.10 Å². The number of benzene rings is 1. The van der Waals surface area contributed by atoms with Crippen LogP contribution in [-0.4, -0.2) is 15.6 Å². The number of hydrogen-bond donors (Lipinski definition) is 0. The molecule has 0 amide bonds. The molecule has 2 aromatic rings. The Morgan fingerprint density at radius 2 is 2.10 bits per heavy atom. The molecule has 1 heterocycles. The van der Waals surface area contributed by atoms with E-state index in [1.807, 2.05) is 13.8 Å². The molecule has 0 N–H and O–H groups in total. The van der Waals surface area contributed by atoms with Gasteiger partial charge in [0.15, 0.2) is 5.78 Å². The van der Waals surface area contributed by atoms with Gasteiger partial charge in [-0.15, -0.1) is 0 Å². The summed E-state index contributed by atoms with van der Waals surface area (Å²) in [6.07, 6.45) is 5.54. The van der Waals surface area contributed by atoms with Crippen LogP contribution >= 0.6 is 0 Å². The van der Waals surface area contributed by atoms with Crippen LogP contribution in [0.3, 0.4) is 0 Å². The Hall–Kier alpha value is -2.30. The molecule has 3 nitrogen and oxygen atoms in total. The molecule has 0 aliphatic carbocycles. The fourth-order valence-corrected chi connectivity index (χ4v) is 1.65. The summed E-state index contributed by atoms with van der Waals surface area (Å²) < 4.78 is 28.0. The van der Waals surface area contributed by atoms with Gasteiger partial charge in [-0.25, -0.2) is 8.78 Å². The van der Waals surface area contributed by atoms with E-state index in [4.69, 9.17) is 0 Å². The summed E-state index contributed by atoms with van der Waals surface area (Å²) in [7, 11) is 0. The van der Waals surface area contributed by atoms with Gasteiger partial charge in [-0.3, -0.25) is 9.48 Å². The maximum absolute atomic E-state index is 13.4. The van der Waals surface area contributed by atoms with Crippen molar-refractivity contribution in [1.82, 2.24) is 9.78 Å². The first-order valence-corrected chi connectivity index (χ1v) is 6.19. The summed E-state index contributed by atoms with van der Waals surface area (Å²) >= 11 is 0. The zero-order chi connectivity index (χ0) is 14.7. The quantitative estimate of drug-likeness (QED) is 0.631. The third-order valence-electron chi connectivity index (χ3n) is 2.79. The number of hydrogen-bond acceptors (Lipinski definition) is 2. The van der Waals surface area contributed by atoms with Crippen LogP contribution in [0.1, 0.15) is 35.8 Å². The van der Waals surface area contributed by atoms with Crippen molar-refractivity contribution in [2.45, 2.75) is 19.9 Å². The van der Waals surface area contributed by atoms with Crippen LogP contribution in [0.4, 0.5) is 8.78 Å². The largest absolute Gasteiger partial charge is 0.289 e. The normalized spacial score (nSPS) is 11.4. The summed E-state index contributed by atoms with van der Waals surface area (Å²) in [4.78, 5) is 11.9. The summed E-state index contributed by atoms with van der Waals surface area (Å²) in [5.41, 5.74) is 0.446. The minimum absolute atomic E-state index is 0.0367. The Morgan fingerprint density at radius 1 is 1.35 bits per heavy atom. The van der Waals surface area contributed by atoms with E-state index in [1.54, 1.807) is 10.9 Å². The molecular formula is C15H14F2N2O. The lowest BCUT2D eigenvalue weighted by molar-refractivity contribution is 0.104. The molecule has 104 valence electrons. The second-order valence-electron chi connectivity index (χ2n) is 4.67. The van der Waals surface area contributed by atoms with Gasteiger partial charge in [0.2, 0.25) is 0 Å². The Balaban J connectivity index is 2.18. The lowest BCUT2D eigenvalue weighted by Gasteiger charge is -2.02. The van der Waals surface area contributed by atoms with Gasteiger partial charge in [-0.1, -0.05) is 0 Å². The smallest absolute Gasteiger partial charge is 0.189 e. The molecule has 0 saturated carbocycles. The van der Waals surface area contributed by atoms with Crippen molar-refractivity contribution in [3.05, 3.63) is 59.4 Å². The standard InChI is InChI=1S/C15H14F2N2O/c1-10(2)19-9-12(8-18-19)15(20)6-3-11-7-13(16)4-5-14(11)17/h3-10H,1-2H3/b6-3+. The maximum Gasteiger partial charge on any atom is 0.189 e. The van der Waals surface area contributed by atoms with E-state index in [0.29, 0.717) is 5.56 Å². The topological polar surface area (TPSA) is 34.9 Å². The molecule has 20 heavy (non-hydrogen) atoms. The first-order chi connectivity index (χ1) is 9.47. The third-order valence-corrected chi connectivity index (χ3v) is 2.79. The first-order valence-electron chi connectivity index (χ1n) is 6.19. The van der Waals surface area contributed by atoms with E-state index < -0.39 is 11.6 Å². The van der Waals surface area contributed by atoms with Gasteiger partial charge in [0.25, 0.3) is 0 Å². The fourth-order valence-electron chi connectivity index (χ4n) is 1.65. The van der Waals surface area contributed by atoms with Crippen molar-refractivity contribution >= 4 is 11.9 Å². The van der Waals surface area contributed by atoms with Crippen molar-refractivity contribution in [1.29, 1.82) is 0 Å². The highest BCUT2D eigenvalue weighted by Crippen LogP contribution is 2.13. The van der Waals surface area contributed by atoms with Gasteiger partial charge >= 0.3 is 0 Å². The fraction of sp³-hybridized carbons (Fsp3) is 0.200. The van der Waals surface area contributed by atoms with Gasteiger partial charge < -0.3 is 0 Å². The lowest BCUT2D eigenvalue weighted by atomic mass is 10.1.